The summed E-state index contributed by atoms with van der Waals surface area (Å²) in [5, 5.41) is 0. The summed E-state index contributed by atoms with van der Waals surface area (Å²) in [6.07, 6.45) is 0.960. The number of halogens is 1. The van der Waals surface area contributed by atoms with E-state index in [9.17, 15) is 9.18 Å². The molecule has 0 radical (unpaired) electrons. The van der Waals surface area contributed by atoms with Crippen molar-refractivity contribution in [2.24, 2.45) is 0 Å². The Balaban J connectivity index is 2.31. The lowest BCUT2D eigenvalue weighted by molar-refractivity contribution is -0.0823. The zero-order valence-electron chi connectivity index (χ0n) is 10.4. The molecular weight excluding hydrogens is 235 g/mol. The van der Waals surface area contributed by atoms with Crippen LogP contribution in [0.25, 0.3) is 0 Å². The molecule has 18 heavy (non-hydrogen) atoms. The van der Waals surface area contributed by atoms with E-state index >= 15 is 0 Å². The Morgan fingerprint density at radius 2 is 2.06 bits per heavy atom. The first kappa shape index (κ1) is 13.2. The molecule has 1 heterocycles. The molecule has 1 aliphatic heterocycles. The summed E-state index contributed by atoms with van der Waals surface area (Å²) in [4.78, 5) is 12.5. The fourth-order valence-corrected chi connectivity index (χ4v) is 2.31. The number of carbonyl (C=O) groups is 1. The predicted molar refractivity (Wildman–Crippen MR) is 65.1 cm³/mol. The zero-order valence-corrected chi connectivity index (χ0v) is 10.4. The second kappa shape index (κ2) is 5.59. The standard InChI is InChI=1S/C14H17FO3/c1-2-18-14(7-9-17-10-8-14)13(16)11-5-3-4-6-12(11)15/h3-6H,2,7-10H2,1H3. The van der Waals surface area contributed by atoms with Gasteiger partial charge in [-0.25, -0.2) is 4.39 Å². The zero-order chi connectivity index (χ0) is 13.0. The molecule has 1 aliphatic rings. The molecule has 1 aromatic carbocycles. The van der Waals surface area contributed by atoms with Gasteiger partial charge in [-0.2, -0.15) is 0 Å². The number of benzene rings is 1. The molecular formula is C14H17FO3. The number of carbonyl (C=O) groups excluding carboxylic acids is 1. The van der Waals surface area contributed by atoms with Gasteiger partial charge in [0, 0.05) is 32.7 Å². The van der Waals surface area contributed by atoms with Crippen LogP contribution >= 0.6 is 0 Å². The summed E-state index contributed by atoms with van der Waals surface area (Å²) in [7, 11) is 0. The third kappa shape index (κ3) is 2.44. The van der Waals surface area contributed by atoms with Gasteiger partial charge >= 0.3 is 0 Å². The van der Waals surface area contributed by atoms with Crippen LogP contribution < -0.4 is 0 Å². The maximum atomic E-state index is 13.7. The number of hydrogen-bond acceptors (Lipinski definition) is 3. The van der Waals surface area contributed by atoms with Crippen LogP contribution in [0.4, 0.5) is 4.39 Å². The highest BCUT2D eigenvalue weighted by Gasteiger charge is 2.42. The molecule has 0 aliphatic carbocycles. The molecule has 0 saturated carbocycles. The quantitative estimate of drug-likeness (QED) is 0.773. The monoisotopic (exact) mass is 252 g/mol. The molecule has 0 bridgehead atoms. The van der Waals surface area contributed by atoms with E-state index < -0.39 is 11.4 Å². The summed E-state index contributed by atoms with van der Waals surface area (Å²) < 4.78 is 24.6. The van der Waals surface area contributed by atoms with Crippen LogP contribution in [0, 0.1) is 5.82 Å². The van der Waals surface area contributed by atoms with Crippen molar-refractivity contribution < 1.29 is 18.7 Å². The summed E-state index contributed by atoms with van der Waals surface area (Å²) in [6, 6.07) is 6.04. The van der Waals surface area contributed by atoms with E-state index in [1.54, 1.807) is 12.1 Å². The third-order valence-corrected chi connectivity index (χ3v) is 3.25. The number of Topliss-reactive ketones (excluding diaryl/α,β-unsaturated/α-hetero) is 1. The van der Waals surface area contributed by atoms with Gasteiger partial charge in [-0.15, -0.1) is 0 Å². The fourth-order valence-electron chi connectivity index (χ4n) is 2.31. The van der Waals surface area contributed by atoms with Crippen molar-refractivity contribution >= 4 is 5.78 Å². The molecule has 1 saturated heterocycles. The van der Waals surface area contributed by atoms with E-state index in [0.717, 1.165) is 0 Å². The van der Waals surface area contributed by atoms with Crippen LogP contribution in [0.2, 0.25) is 0 Å². The van der Waals surface area contributed by atoms with E-state index in [1.807, 2.05) is 6.92 Å². The number of ketones is 1. The molecule has 0 unspecified atom stereocenters. The summed E-state index contributed by atoms with van der Waals surface area (Å²) in [6.45, 7) is 3.21. The first-order chi connectivity index (χ1) is 8.69. The lowest BCUT2D eigenvalue weighted by atomic mass is 9.85. The Morgan fingerprint density at radius 3 is 2.67 bits per heavy atom. The minimum Gasteiger partial charge on any atom is -0.381 e. The van der Waals surface area contributed by atoms with Crippen LogP contribution in [-0.2, 0) is 9.47 Å². The molecule has 4 heteroatoms. The third-order valence-electron chi connectivity index (χ3n) is 3.25. The van der Waals surface area contributed by atoms with Gasteiger partial charge in [-0.1, -0.05) is 12.1 Å². The Hall–Kier alpha value is -1.26. The van der Waals surface area contributed by atoms with Gasteiger partial charge in [0.2, 0.25) is 0 Å². The van der Waals surface area contributed by atoms with Crippen molar-refractivity contribution in [3.63, 3.8) is 0 Å². The summed E-state index contributed by atoms with van der Waals surface area (Å²) in [5.41, 5.74) is -0.817. The summed E-state index contributed by atoms with van der Waals surface area (Å²) >= 11 is 0. The van der Waals surface area contributed by atoms with Crippen LogP contribution in [0.1, 0.15) is 30.1 Å². The van der Waals surface area contributed by atoms with Crippen LogP contribution in [-0.4, -0.2) is 31.2 Å². The van der Waals surface area contributed by atoms with Gasteiger partial charge in [0.15, 0.2) is 5.78 Å². The Bertz CT molecular complexity index is 419. The largest absolute Gasteiger partial charge is 0.381 e. The molecule has 0 aromatic heterocycles. The number of rotatable bonds is 4. The normalized spacial score (nSPS) is 18.6. The molecule has 2 rings (SSSR count). The van der Waals surface area contributed by atoms with Crippen molar-refractivity contribution in [2.45, 2.75) is 25.4 Å². The highest BCUT2D eigenvalue weighted by molar-refractivity contribution is 6.02. The van der Waals surface area contributed by atoms with Gasteiger partial charge in [-0.05, 0) is 19.1 Å². The van der Waals surface area contributed by atoms with E-state index in [0.29, 0.717) is 32.7 Å². The first-order valence-electron chi connectivity index (χ1n) is 6.20. The molecule has 3 nitrogen and oxygen atoms in total. The lowest BCUT2D eigenvalue weighted by Crippen LogP contribution is -2.46. The van der Waals surface area contributed by atoms with Crippen molar-refractivity contribution in [1.29, 1.82) is 0 Å². The van der Waals surface area contributed by atoms with Gasteiger partial charge in [0.25, 0.3) is 0 Å². The smallest absolute Gasteiger partial charge is 0.197 e. The van der Waals surface area contributed by atoms with Crippen LogP contribution in [0.5, 0.6) is 0 Å². The van der Waals surface area contributed by atoms with Crippen molar-refractivity contribution in [1.82, 2.24) is 0 Å². The predicted octanol–water partition coefficient (Wildman–Crippen LogP) is 2.59. The minimum atomic E-state index is -0.921. The van der Waals surface area contributed by atoms with Gasteiger partial charge < -0.3 is 9.47 Å². The molecule has 0 N–H and O–H groups in total. The second-order valence-corrected chi connectivity index (χ2v) is 4.35. The second-order valence-electron chi connectivity index (χ2n) is 4.35. The molecule has 1 fully saturated rings. The van der Waals surface area contributed by atoms with Crippen LogP contribution in [0.15, 0.2) is 24.3 Å². The molecule has 1 aromatic rings. The minimum absolute atomic E-state index is 0.104. The van der Waals surface area contributed by atoms with Gasteiger partial charge in [0.05, 0.1) is 5.56 Å². The highest BCUT2D eigenvalue weighted by Crippen LogP contribution is 2.30. The molecule has 0 atom stereocenters. The van der Waals surface area contributed by atoms with E-state index in [2.05, 4.69) is 0 Å². The molecule has 0 amide bonds. The number of ether oxygens (including phenoxy) is 2. The maximum absolute atomic E-state index is 13.7. The molecule has 0 spiro atoms. The highest BCUT2D eigenvalue weighted by atomic mass is 19.1. The van der Waals surface area contributed by atoms with Crippen molar-refractivity contribution in [3.05, 3.63) is 35.6 Å². The van der Waals surface area contributed by atoms with Gasteiger partial charge in [0.1, 0.15) is 11.4 Å². The average molecular weight is 252 g/mol. The Labute approximate surface area is 106 Å². The SMILES string of the molecule is CCOC1(C(=O)c2ccccc2F)CCOCC1. The average Bonchev–Trinajstić information content (AvgIpc) is 2.40. The summed E-state index contributed by atoms with van der Waals surface area (Å²) in [5.74, 6) is -0.765. The van der Waals surface area contributed by atoms with Crippen molar-refractivity contribution in [2.75, 3.05) is 19.8 Å². The van der Waals surface area contributed by atoms with Crippen molar-refractivity contribution in [3.8, 4) is 0 Å². The van der Waals surface area contributed by atoms with Crippen LogP contribution in [0.3, 0.4) is 0 Å². The molecule has 98 valence electrons. The maximum Gasteiger partial charge on any atom is 0.197 e. The lowest BCUT2D eigenvalue weighted by Gasteiger charge is -2.35. The Kier molecular flexibility index (Phi) is 4.09. The Morgan fingerprint density at radius 1 is 1.39 bits per heavy atom. The first-order valence-corrected chi connectivity index (χ1v) is 6.20. The number of hydrogen-bond donors (Lipinski definition) is 0. The van der Waals surface area contributed by atoms with E-state index in [4.69, 9.17) is 9.47 Å². The topological polar surface area (TPSA) is 35.5 Å². The van der Waals surface area contributed by atoms with E-state index in [1.165, 1.54) is 12.1 Å². The van der Waals surface area contributed by atoms with E-state index in [-0.39, 0.29) is 11.3 Å². The van der Waals surface area contributed by atoms with Gasteiger partial charge in [-0.3, -0.25) is 4.79 Å². The fraction of sp³-hybridized carbons (Fsp3) is 0.500.